The van der Waals surface area contributed by atoms with Gasteiger partial charge in [0.25, 0.3) is 6.33 Å². The van der Waals surface area contributed by atoms with E-state index in [1.54, 1.807) is 10.9 Å². The molecule has 29 heavy (non-hydrogen) atoms. The van der Waals surface area contributed by atoms with E-state index in [1.807, 2.05) is 24.3 Å². The maximum Gasteiger partial charge on any atom is 0.365 e. The summed E-state index contributed by atoms with van der Waals surface area (Å²) >= 11 is 1.49. The highest BCUT2D eigenvalue weighted by atomic mass is 32.1. The van der Waals surface area contributed by atoms with Crippen LogP contribution in [0.4, 0.5) is 0 Å². The van der Waals surface area contributed by atoms with Gasteiger partial charge in [-0.25, -0.2) is 4.79 Å². The van der Waals surface area contributed by atoms with Crippen molar-refractivity contribution in [3.8, 4) is 16.6 Å². The van der Waals surface area contributed by atoms with Gasteiger partial charge in [0, 0.05) is 10.5 Å². The number of hydrogen-bond acceptors (Lipinski definition) is 6. The van der Waals surface area contributed by atoms with Gasteiger partial charge in [-0.2, -0.15) is 0 Å². The van der Waals surface area contributed by atoms with Gasteiger partial charge in [0.05, 0.1) is 17.4 Å². The van der Waals surface area contributed by atoms with E-state index in [-0.39, 0.29) is 5.56 Å². The van der Waals surface area contributed by atoms with E-state index in [0.717, 1.165) is 21.0 Å². The molecule has 3 aromatic carbocycles. The lowest BCUT2D eigenvalue weighted by Gasteiger charge is -2.07. The largest absolute Gasteiger partial charge is 0.494 e. The Hall–Kier alpha value is -3.85. The average molecular weight is 404 g/mol. The maximum atomic E-state index is 11.3. The fourth-order valence-electron chi connectivity index (χ4n) is 3.22. The third-order valence-corrected chi connectivity index (χ3v) is 5.57. The Kier molecular flexibility index (Phi) is 3.95. The molecule has 5 rings (SSSR count). The Labute approximate surface area is 168 Å². The number of ether oxygens (including phenoxy) is 1. The topological polar surface area (TPSA) is 94.0 Å². The molecule has 0 amide bonds. The molecule has 2 heterocycles. The summed E-state index contributed by atoms with van der Waals surface area (Å²) in [4.78, 5) is 19.2. The minimum Gasteiger partial charge on any atom is -0.494 e. The summed E-state index contributed by atoms with van der Waals surface area (Å²) in [7, 11) is 1.48. The number of nitrogens with zero attached hydrogens (tertiary/aromatic N) is 5. The SMILES string of the molecule is COc1cc(C(=O)O)ccc1-n1ncn[n+]1-c1nc2c(ccc3ccccc32)s1. The summed E-state index contributed by atoms with van der Waals surface area (Å²) in [6.45, 7) is 0. The standard InChI is InChI=1S/C20H13N5O3S/c1-28-16-10-13(19(26)27)6-8-15(16)24-21-11-22-25(24)20-23-18-14-5-3-2-4-12(14)7-9-17(18)29-20/h2-11H,1H3/p+1. The number of benzene rings is 3. The Morgan fingerprint density at radius 3 is 2.86 bits per heavy atom. The highest BCUT2D eigenvalue weighted by Crippen LogP contribution is 2.29. The van der Waals surface area contributed by atoms with Crippen LogP contribution in [0, 0.1) is 0 Å². The van der Waals surface area contributed by atoms with Crippen LogP contribution in [0.1, 0.15) is 10.4 Å². The molecule has 0 aliphatic carbocycles. The molecule has 0 aliphatic rings. The molecule has 0 fully saturated rings. The second-order valence-electron chi connectivity index (χ2n) is 6.25. The van der Waals surface area contributed by atoms with Crippen LogP contribution in [0.3, 0.4) is 0 Å². The van der Waals surface area contributed by atoms with Gasteiger partial charge in [0.15, 0.2) is 11.2 Å². The first-order valence-electron chi connectivity index (χ1n) is 8.69. The second kappa shape index (κ2) is 6.64. The lowest BCUT2D eigenvalue weighted by atomic mass is 10.1. The van der Waals surface area contributed by atoms with Gasteiger partial charge < -0.3 is 9.84 Å². The molecule has 2 aromatic heterocycles. The molecule has 0 saturated carbocycles. The zero-order valence-corrected chi connectivity index (χ0v) is 16.0. The molecule has 1 N–H and O–H groups in total. The zero-order valence-electron chi connectivity index (χ0n) is 15.2. The summed E-state index contributed by atoms with van der Waals surface area (Å²) in [6.07, 6.45) is 1.41. The molecule has 142 valence electrons. The average Bonchev–Trinajstić information content (AvgIpc) is 3.40. The van der Waals surface area contributed by atoms with Gasteiger partial charge in [-0.15, -0.1) is 0 Å². The number of thiazole rings is 1. The highest BCUT2D eigenvalue weighted by Gasteiger charge is 2.23. The van der Waals surface area contributed by atoms with Crippen LogP contribution < -0.4 is 9.53 Å². The molecule has 9 heteroatoms. The van der Waals surface area contributed by atoms with Crippen LogP contribution in [0.15, 0.2) is 60.9 Å². The van der Waals surface area contributed by atoms with Gasteiger partial charge in [-0.05, 0) is 39.2 Å². The van der Waals surface area contributed by atoms with Crippen molar-refractivity contribution in [2.75, 3.05) is 7.11 Å². The number of hydrogen-bond donors (Lipinski definition) is 1. The van der Waals surface area contributed by atoms with Crippen LogP contribution in [0.2, 0.25) is 0 Å². The van der Waals surface area contributed by atoms with Crippen LogP contribution in [-0.4, -0.2) is 38.2 Å². The number of carboxylic acid groups (broad SMARTS) is 1. The Morgan fingerprint density at radius 1 is 1.17 bits per heavy atom. The van der Waals surface area contributed by atoms with Gasteiger partial charge in [0.1, 0.15) is 5.75 Å². The number of fused-ring (bicyclic) bond motifs is 3. The van der Waals surface area contributed by atoms with E-state index in [4.69, 9.17) is 9.72 Å². The number of carboxylic acids is 1. The minimum absolute atomic E-state index is 0.128. The number of tetrazole rings is 1. The normalized spacial score (nSPS) is 11.2. The summed E-state index contributed by atoms with van der Waals surface area (Å²) in [5.74, 6) is -0.657. The van der Waals surface area contributed by atoms with E-state index in [2.05, 4.69) is 22.3 Å². The van der Waals surface area contributed by atoms with Crippen molar-refractivity contribution < 1.29 is 19.4 Å². The smallest absolute Gasteiger partial charge is 0.365 e. The fourth-order valence-corrected chi connectivity index (χ4v) is 4.15. The minimum atomic E-state index is -1.03. The van der Waals surface area contributed by atoms with Crippen molar-refractivity contribution in [3.05, 3.63) is 66.5 Å². The Balaban J connectivity index is 1.68. The lowest BCUT2D eigenvalue weighted by molar-refractivity contribution is -0.734. The zero-order chi connectivity index (χ0) is 20.0. The van der Waals surface area contributed by atoms with Crippen molar-refractivity contribution in [3.63, 3.8) is 0 Å². The van der Waals surface area contributed by atoms with Crippen molar-refractivity contribution in [2.24, 2.45) is 0 Å². The van der Waals surface area contributed by atoms with Gasteiger partial charge in [-0.3, -0.25) is 0 Å². The van der Waals surface area contributed by atoms with Crippen molar-refractivity contribution >= 4 is 38.3 Å². The number of rotatable bonds is 4. The van der Waals surface area contributed by atoms with E-state index < -0.39 is 5.97 Å². The predicted molar refractivity (Wildman–Crippen MR) is 107 cm³/mol. The number of carbonyl (C=O) groups is 1. The maximum absolute atomic E-state index is 11.3. The van der Waals surface area contributed by atoms with Gasteiger partial charge in [-0.1, -0.05) is 51.8 Å². The van der Waals surface area contributed by atoms with Gasteiger partial charge >= 0.3 is 11.1 Å². The van der Waals surface area contributed by atoms with E-state index in [0.29, 0.717) is 16.6 Å². The molecule has 8 nitrogen and oxygen atoms in total. The Bertz CT molecular complexity index is 1390. The van der Waals surface area contributed by atoms with Crippen LogP contribution >= 0.6 is 11.3 Å². The third-order valence-electron chi connectivity index (χ3n) is 4.59. The number of aromatic carboxylic acids is 1. The van der Waals surface area contributed by atoms with Crippen LogP contribution in [0.5, 0.6) is 5.75 Å². The molecule has 0 spiro atoms. The first kappa shape index (κ1) is 17.3. The monoisotopic (exact) mass is 404 g/mol. The first-order valence-corrected chi connectivity index (χ1v) is 9.50. The van der Waals surface area contributed by atoms with E-state index in [9.17, 15) is 9.90 Å². The molecule has 0 unspecified atom stereocenters. The molecule has 0 saturated heterocycles. The summed E-state index contributed by atoms with van der Waals surface area (Å²) in [6, 6.07) is 16.8. The predicted octanol–water partition coefficient (Wildman–Crippen LogP) is 3.01. The molecular formula is C20H14N5O3S+. The molecule has 0 atom stereocenters. The van der Waals surface area contributed by atoms with Crippen molar-refractivity contribution in [2.45, 2.75) is 0 Å². The summed E-state index contributed by atoms with van der Waals surface area (Å²) in [5, 5.41) is 20.7. The van der Waals surface area contributed by atoms with E-state index >= 15 is 0 Å². The summed E-state index contributed by atoms with van der Waals surface area (Å²) in [5.41, 5.74) is 1.58. The lowest BCUT2D eigenvalue weighted by Crippen LogP contribution is -2.43. The molecule has 0 bridgehead atoms. The molecule has 0 aliphatic heterocycles. The Morgan fingerprint density at radius 2 is 2.03 bits per heavy atom. The molecule has 5 aromatic rings. The summed E-state index contributed by atoms with van der Waals surface area (Å²) < 4.78 is 6.42. The molecule has 0 radical (unpaired) electrons. The fraction of sp³-hybridized carbons (Fsp3) is 0.0500. The van der Waals surface area contributed by atoms with Crippen molar-refractivity contribution in [1.29, 1.82) is 0 Å². The van der Waals surface area contributed by atoms with Crippen LogP contribution in [0.25, 0.3) is 31.8 Å². The number of methoxy groups -OCH3 is 1. The van der Waals surface area contributed by atoms with Crippen molar-refractivity contribution in [1.82, 2.24) is 20.0 Å². The highest BCUT2D eigenvalue weighted by molar-refractivity contribution is 7.20. The quantitative estimate of drug-likeness (QED) is 0.463. The van der Waals surface area contributed by atoms with Gasteiger partial charge in [0.2, 0.25) is 0 Å². The molecular weight excluding hydrogens is 390 g/mol. The van der Waals surface area contributed by atoms with E-state index in [1.165, 1.54) is 41.7 Å². The number of aromatic nitrogens is 5. The van der Waals surface area contributed by atoms with Crippen LogP contribution in [-0.2, 0) is 0 Å². The second-order valence-corrected chi connectivity index (χ2v) is 7.26. The first-order chi connectivity index (χ1) is 14.2. The third kappa shape index (κ3) is 2.79.